The molecule has 1 heterocycles. The molecule has 1 aromatic heterocycles. The first kappa shape index (κ1) is 17.5. The van der Waals surface area contributed by atoms with Crippen molar-refractivity contribution in [2.75, 3.05) is 0 Å². The Labute approximate surface area is 139 Å². The van der Waals surface area contributed by atoms with Gasteiger partial charge in [-0.05, 0) is 30.5 Å². The number of aliphatic carboxylic acids is 1. The van der Waals surface area contributed by atoms with Crippen LogP contribution in [0.3, 0.4) is 0 Å². The minimum Gasteiger partial charge on any atom is -0.480 e. The lowest BCUT2D eigenvalue weighted by Crippen LogP contribution is -2.41. The zero-order valence-electron chi connectivity index (χ0n) is 13.6. The third kappa shape index (κ3) is 4.32. The van der Waals surface area contributed by atoms with E-state index in [2.05, 4.69) is 10.3 Å². The molecule has 0 radical (unpaired) electrons. The molecule has 0 unspecified atom stereocenters. The number of rotatable bonds is 7. The number of hydrogen-bond acceptors (Lipinski definition) is 3. The molecule has 0 spiro atoms. The Hall–Kier alpha value is -2.89. The molecule has 24 heavy (non-hydrogen) atoms. The van der Waals surface area contributed by atoms with Crippen LogP contribution in [0.25, 0.3) is 0 Å². The highest BCUT2D eigenvalue weighted by atomic mass is 16.4. The Balaban J connectivity index is 2.08. The fourth-order valence-electron chi connectivity index (χ4n) is 2.34. The first-order valence-electron chi connectivity index (χ1n) is 7.69. The fraction of sp³-hybridized carbons (Fsp3) is 0.278. The number of carbonyl (C=O) groups is 3. The van der Waals surface area contributed by atoms with Crippen LogP contribution in [0.5, 0.6) is 0 Å². The van der Waals surface area contributed by atoms with Crippen molar-refractivity contribution in [3.05, 3.63) is 59.4 Å². The number of amides is 1. The van der Waals surface area contributed by atoms with Gasteiger partial charge in [0.25, 0.3) is 5.91 Å². The molecule has 1 atom stereocenters. The van der Waals surface area contributed by atoms with E-state index in [-0.39, 0.29) is 11.7 Å². The maximum atomic E-state index is 12.2. The second kappa shape index (κ2) is 7.59. The molecule has 0 aliphatic heterocycles. The van der Waals surface area contributed by atoms with Gasteiger partial charge in [0.1, 0.15) is 6.04 Å². The Morgan fingerprint density at radius 3 is 2.17 bits per heavy atom. The summed E-state index contributed by atoms with van der Waals surface area (Å²) in [5.74, 6) is -1.53. The number of hydrogen-bond donors (Lipinski definition) is 3. The molecule has 1 aromatic carbocycles. The van der Waals surface area contributed by atoms with Crippen LogP contribution in [0.2, 0.25) is 0 Å². The van der Waals surface area contributed by atoms with Crippen molar-refractivity contribution in [1.29, 1.82) is 0 Å². The van der Waals surface area contributed by atoms with Gasteiger partial charge in [-0.25, -0.2) is 4.79 Å². The van der Waals surface area contributed by atoms with Gasteiger partial charge in [-0.1, -0.05) is 26.0 Å². The van der Waals surface area contributed by atoms with Crippen molar-refractivity contribution < 1.29 is 19.5 Å². The lowest BCUT2D eigenvalue weighted by Gasteiger charge is -2.16. The lowest BCUT2D eigenvalue weighted by atomic mass is 10.0. The highest BCUT2D eigenvalue weighted by Gasteiger charge is 2.21. The van der Waals surface area contributed by atoms with Crippen molar-refractivity contribution >= 4 is 17.7 Å². The molecule has 6 nitrogen and oxygen atoms in total. The van der Waals surface area contributed by atoms with E-state index in [4.69, 9.17) is 0 Å². The van der Waals surface area contributed by atoms with Gasteiger partial charge in [0, 0.05) is 29.1 Å². The molecule has 0 aliphatic carbocycles. The largest absolute Gasteiger partial charge is 0.480 e. The van der Waals surface area contributed by atoms with Crippen LogP contribution in [-0.2, 0) is 4.79 Å². The summed E-state index contributed by atoms with van der Waals surface area (Å²) >= 11 is 0. The molecular weight excluding hydrogens is 308 g/mol. The standard InChI is InChI=1S/C18H20N2O4/c1-11(2)9-15(18(23)24)20-17(22)13-5-3-12(4-6-13)16(21)14-7-8-19-10-14/h3-8,10-11,15,19H,9H2,1-2H3,(H,20,22)(H,23,24)/t15-/m0/s1. The third-order valence-corrected chi connectivity index (χ3v) is 3.58. The Morgan fingerprint density at radius 2 is 1.67 bits per heavy atom. The molecule has 6 heteroatoms. The first-order valence-corrected chi connectivity index (χ1v) is 7.69. The number of nitrogens with one attached hydrogen (secondary N) is 2. The number of aromatic amines is 1. The van der Waals surface area contributed by atoms with Gasteiger partial charge in [-0.2, -0.15) is 0 Å². The van der Waals surface area contributed by atoms with Gasteiger partial charge in [0.15, 0.2) is 5.78 Å². The fourth-order valence-corrected chi connectivity index (χ4v) is 2.34. The molecule has 2 rings (SSSR count). The van der Waals surface area contributed by atoms with Crippen molar-refractivity contribution in [3.63, 3.8) is 0 Å². The van der Waals surface area contributed by atoms with E-state index < -0.39 is 17.9 Å². The summed E-state index contributed by atoms with van der Waals surface area (Å²) in [6.45, 7) is 3.78. The summed E-state index contributed by atoms with van der Waals surface area (Å²) in [6, 6.07) is 6.89. The van der Waals surface area contributed by atoms with E-state index in [0.29, 0.717) is 23.1 Å². The van der Waals surface area contributed by atoms with E-state index in [1.165, 1.54) is 12.1 Å². The van der Waals surface area contributed by atoms with Gasteiger partial charge in [-0.15, -0.1) is 0 Å². The maximum absolute atomic E-state index is 12.2. The van der Waals surface area contributed by atoms with Gasteiger partial charge < -0.3 is 15.4 Å². The first-order chi connectivity index (χ1) is 11.4. The number of aromatic nitrogens is 1. The topological polar surface area (TPSA) is 99.3 Å². The average Bonchev–Trinajstić information content (AvgIpc) is 3.07. The van der Waals surface area contributed by atoms with Crippen LogP contribution in [0.1, 0.15) is 46.5 Å². The number of ketones is 1. The van der Waals surface area contributed by atoms with E-state index >= 15 is 0 Å². The summed E-state index contributed by atoms with van der Waals surface area (Å²) < 4.78 is 0. The van der Waals surface area contributed by atoms with E-state index in [9.17, 15) is 19.5 Å². The van der Waals surface area contributed by atoms with Crippen molar-refractivity contribution in [2.45, 2.75) is 26.3 Å². The van der Waals surface area contributed by atoms with E-state index in [1.807, 2.05) is 13.8 Å². The number of carboxylic acid groups (broad SMARTS) is 1. The molecule has 0 saturated heterocycles. The maximum Gasteiger partial charge on any atom is 0.326 e. The minimum absolute atomic E-state index is 0.146. The predicted octanol–water partition coefficient (Wildman–Crippen LogP) is 2.47. The zero-order chi connectivity index (χ0) is 17.7. The van der Waals surface area contributed by atoms with E-state index in [1.54, 1.807) is 30.6 Å². The van der Waals surface area contributed by atoms with Gasteiger partial charge in [0.2, 0.25) is 0 Å². The second-order valence-corrected chi connectivity index (χ2v) is 6.00. The van der Waals surface area contributed by atoms with Crippen molar-refractivity contribution in [2.24, 2.45) is 5.92 Å². The highest BCUT2D eigenvalue weighted by molar-refractivity contribution is 6.09. The van der Waals surface area contributed by atoms with Crippen molar-refractivity contribution in [3.8, 4) is 0 Å². The van der Waals surface area contributed by atoms with Crippen LogP contribution < -0.4 is 5.32 Å². The van der Waals surface area contributed by atoms with E-state index in [0.717, 1.165) is 0 Å². The predicted molar refractivity (Wildman–Crippen MR) is 89.0 cm³/mol. The molecule has 0 saturated carbocycles. The van der Waals surface area contributed by atoms with Crippen LogP contribution in [0.15, 0.2) is 42.7 Å². The van der Waals surface area contributed by atoms with Crippen molar-refractivity contribution in [1.82, 2.24) is 10.3 Å². The molecule has 0 aliphatic rings. The minimum atomic E-state index is -1.06. The molecule has 1 amide bonds. The third-order valence-electron chi connectivity index (χ3n) is 3.58. The molecule has 0 fully saturated rings. The van der Waals surface area contributed by atoms with Gasteiger partial charge in [-0.3, -0.25) is 9.59 Å². The second-order valence-electron chi connectivity index (χ2n) is 6.00. The molecule has 0 bridgehead atoms. The average molecular weight is 328 g/mol. The number of carbonyl (C=O) groups excluding carboxylic acids is 2. The van der Waals surface area contributed by atoms with Gasteiger partial charge >= 0.3 is 5.97 Å². The smallest absolute Gasteiger partial charge is 0.326 e. The Bertz CT molecular complexity index is 718. The monoisotopic (exact) mass is 328 g/mol. The molecule has 3 N–H and O–H groups in total. The summed E-state index contributed by atoms with van der Waals surface area (Å²) in [6.07, 6.45) is 3.62. The number of benzene rings is 1. The Kier molecular flexibility index (Phi) is 5.52. The number of H-pyrrole nitrogens is 1. The Morgan fingerprint density at radius 1 is 1.04 bits per heavy atom. The molecule has 126 valence electrons. The van der Waals surface area contributed by atoms with Gasteiger partial charge in [0.05, 0.1) is 0 Å². The SMILES string of the molecule is CC(C)C[C@H](NC(=O)c1ccc(C(=O)c2cc[nH]c2)cc1)C(=O)O. The summed E-state index contributed by atoms with van der Waals surface area (Å²) in [5.41, 5.74) is 1.31. The zero-order valence-corrected chi connectivity index (χ0v) is 13.6. The summed E-state index contributed by atoms with van der Waals surface area (Å²) in [4.78, 5) is 38.4. The molecule has 2 aromatic rings. The highest BCUT2D eigenvalue weighted by Crippen LogP contribution is 2.12. The normalized spacial score (nSPS) is 12.0. The van der Waals surface area contributed by atoms with Crippen LogP contribution >= 0.6 is 0 Å². The lowest BCUT2D eigenvalue weighted by molar-refractivity contribution is -0.139. The summed E-state index contributed by atoms with van der Waals surface area (Å²) in [7, 11) is 0. The van der Waals surface area contributed by atoms with Crippen LogP contribution in [0, 0.1) is 5.92 Å². The number of carboxylic acids is 1. The quantitative estimate of drug-likeness (QED) is 0.680. The van der Waals surface area contributed by atoms with Crippen LogP contribution in [-0.4, -0.2) is 33.8 Å². The molecular formula is C18H20N2O4. The summed E-state index contributed by atoms with van der Waals surface area (Å²) in [5, 5.41) is 11.7. The van der Waals surface area contributed by atoms with Crippen LogP contribution in [0.4, 0.5) is 0 Å².